The van der Waals surface area contributed by atoms with Gasteiger partial charge in [0, 0.05) is 62.1 Å². The Bertz CT molecular complexity index is 727. The van der Waals surface area contributed by atoms with Crippen molar-refractivity contribution in [1.29, 1.82) is 0 Å². The van der Waals surface area contributed by atoms with E-state index < -0.39 is 0 Å². The lowest BCUT2D eigenvalue weighted by atomic mass is 10.1. The molecule has 1 N–H and O–H groups in total. The Balaban J connectivity index is 1.72. The van der Waals surface area contributed by atoms with Gasteiger partial charge < -0.3 is 9.88 Å². The van der Waals surface area contributed by atoms with Crippen molar-refractivity contribution in [2.45, 2.75) is 39.3 Å². The summed E-state index contributed by atoms with van der Waals surface area (Å²) in [5.74, 6) is 0. The Kier molecular flexibility index (Phi) is 5.30. The fourth-order valence-corrected chi connectivity index (χ4v) is 3.54. The maximum Gasteiger partial charge on any atom is 0.249 e. The summed E-state index contributed by atoms with van der Waals surface area (Å²) in [6, 6.07) is 8.35. The van der Waals surface area contributed by atoms with Gasteiger partial charge in [0.2, 0.25) is 5.56 Å². The Morgan fingerprint density at radius 1 is 1.29 bits per heavy atom. The van der Waals surface area contributed by atoms with E-state index in [0.717, 1.165) is 44.7 Å². The van der Waals surface area contributed by atoms with E-state index in [2.05, 4.69) is 39.7 Å². The standard InChI is InChI=1S/C19H26N4O/c1-3-16-14-22(13-15-6-5-8-20-18(15)4-2)10-11-23(16)17-7-9-21-19(24)12-17/h5-9,12,16H,3-4,10-11,13-14H2,1-2H3,(H,21,24)/t16-/m1/s1. The van der Waals surface area contributed by atoms with Crippen LogP contribution < -0.4 is 10.5 Å². The van der Waals surface area contributed by atoms with E-state index in [9.17, 15) is 4.79 Å². The van der Waals surface area contributed by atoms with Gasteiger partial charge in [-0.1, -0.05) is 19.9 Å². The second-order valence-corrected chi connectivity index (χ2v) is 6.36. The first kappa shape index (κ1) is 16.7. The van der Waals surface area contributed by atoms with Gasteiger partial charge in [0.1, 0.15) is 0 Å². The number of piperazine rings is 1. The number of nitrogens with zero attached hydrogens (tertiary/aromatic N) is 3. The third kappa shape index (κ3) is 3.67. The maximum atomic E-state index is 11.6. The van der Waals surface area contributed by atoms with E-state index in [1.54, 1.807) is 12.3 Å². The Hall–Kier alpha value is -2.14. The topological polar surface area (TPSA) is 52.2 Å². The molecule has 128 valence electrons. The second-order valence-electron chi connectivity index (χ2n) is 6.36. The average Bonchev–Trinajstić information content (AvgIpc) is 2.62. The van der Waals surface area contributed by atoms with Crippen LogP contribution in [0, 0.1) is 0 Å². The molecule has 5 heteroatoms. The van der Waals surface area contributed by atoms with E-state index >= 15 is 0 Å². The molecule has 1 aliphatic heterocycles. The van der Waals surface area contributed by atoms with Crippen molar-refractivity contribution < 1.29 is 0 Å². The molecule has 0 saturated carbocycles. The molecule has 3 rings (SSSR count). The predicted octanol–water partition coefficient (Wildman–Crippen LogP) is 2.43. The zero-order valence-electron chi connectivity index (χ0n) is 14.5. The van der Waals surface area contributed by atoms with Crippen LogP contribution in [-0.2, 0) is 13.0 Å². The fraction of sp³-hybridized carbons (Fsp3) is 0.474. The highest BCUT2D eigenvalue weighted by Crippen LogP contribution is 2.22. The predicted molar refractivity (Wildman–Crippen MR) is 97.4 cm³/mol. The van der Waals surface area contributed by atoms with Gasteiger partial charge in [0.15, 0.2) is 0 Å². The van der Waals surface area contributed by atoms with Gasteiger partial charge in [-0.25, -0.2) is 0 Å². The highest BCUT2D eigenvalue weighted by molar-refractivity contribution is 5.46. The molecule has 0 unspecified atom stereocenters. The average molecular weight is 326 g/mol. The molecule has 0 aromatic carbocycles. The molecule has 24 heavy (non-hydrogen) atoms. The van der Waals surface area contributed by atoms with Gasteiger partial charge in [0.25, 0.3) is 0 Å². The number of pyridine rings is 2. The van der Waals surface area contributed by atoms with Crippen molar-refractivity contribution >= 4 is 5.69 Å². The minimum Gasteiger partial charge on any atom is -0.366 e. The zero-order chi connectivity index (χ0) is 16.9. The summed E-state index contributed by atoms with van der Waals surface area (Å²) in [5, 5.41) is 0. The molecule has 0 amide bonds. The van der Waals surface area contributed by atoms with Crippen molar-refractivity contribution in [3.8, 4) is 0 Å². The van der Waals surface area contributed by atoms with Crippen LogP contribution in [0.25, 0.3) is 0 Å². The van der Waals surface area contributed by atoms with Crippen LogP contribution in [0.4, 0.5) is 5.69 Å². The van der Waals surface area contributed by atoms with Crippen molar-refractivity contribution in [1.82, 2.24) is 14.9 Å². The molecular weight excluding hydrogens is 300 g/mol. The Morgan fingerprint density at radius 3 is 2.92 bits per heavy atom. The third-order valence-electron chi connectivity index (χ3n) is 4.84. The minimum atomic E-state index is -0.0345. The lowest BCUT2D eigenvalue weighted by Crippen LogP contribution is -2.53. The van der Waals surface area contributed by atoms with Crippen LogP contribution in [0.1, 0.15) is 31.5 Å². The molecule has 1 aliphatic rings. The highest BCUT2D eigenvalue weighted by atomic mass is 16.1. The SMILES string of the molecule is CCc1ncccc1CN1CCN(c2cc[nH]c(=O)c2)[C@H](CC)C1. The van der Waals surface area contributed by atoms with Crippen molar-refractivity contribution in [3.63, 3.8) is 0 Å². The molecule has 5 nitrogen and oxygen atoms in total. The second kappa shape index (κ2) is 7.62. The van der Waals surface area contributed by atoms with E-state index in [0.29, 0.717) is 6.04 Å². The van der Waals surface area contributed by atoms with Gasteiger partial charge in [-0.05, 0) is 30.5 Å². The van der Waals surface area contributed by atoms with E-state index in [-0.39, 0.29) is 5.56 Å². The van der Waals surface area contributed by atoms with Crippen molar-refractivity contribution in [2.75, 3.05) is 24.5 Å². The summed E-state index contributed by atoms with van der Waals surface area (Å²) in [6.07, 6.45) is 5.65. The molecular formula is C19H26N4O. The quantitative estimate of drug-likeness (QED) is 0.917. The van der Waals surface area contributed by atoms with Crippen LogP contribution >= 0.6 is 0 Å². The van der Waals surface area contributed by atoms with Crippen molar-refractivity contribution in [2.24, 2.45) is 0 Å². The smallest absolute Gasteiger partial charge is 0.249 e. The van der Waals surface area contributed by atoms with Gasteiger partial charge in [-0.3, -0.25) is 14.7 Å². The summed E-state index contributed by atoms with van der Waals surface area (Å²) in [6.45, 7) is 8.30. The van der Waals surface area contributed by atoms with Gasteiger partial charge >= 0.3 is 0 Å². The number of nitrogens with one attached hydrogen (secondary N) is 1. The van der Waals surface area contributed by atoms with E-state index in [1.165, 1.54) is 11.3 Å². The number of rotatable bonds is 5. The van der Waals surface area contributed by atoms with E-state index in [4.69, 9.17) is 0 Å². The molecule has 1 saturated heterocycles. The number of aromatic amines is 1. The van der Waals surface area contributed by atoms with Crippen LogP contribution in [-0.4, -0.2) is 40.5 Å². The lowest BCUT2D eigenvalue weighted by molar-refractivity contribution is 0.211. The first-order valence-electron chi connectivity index (χ1n) is 8.81. The number of aryl methyl sites for hydroxylation is 1. The maximum absolute atomic E-state index is 11.6. The lowest BCUT2D eigenvalue weighted by Gasteiger charge is -2.42. The first-order valence-corrected chi connectivity index (χ1v) is 8.81. The summed E-state index contributed by atoms with van der Waals surface area (Å²) in [4.78, 5) is 23.7. The third-order valence-corrected chi connectivity index (χ3v) is 4.84. The Morgan fingerprint density at radius 2 is 2.17 bits per heavy atom. The van der Waals surface area contributed by atoms with Crippen LogP contribution in [0.2, 0.25) is 0 Å². The van der Waals surface area contributed by atoms with Crippen LogP contribution in [0.5, 0.6) is 0 Å². The molecule has 0 spiro atoms. The number of hydrogen-bond donors (Lipinski definition) is 1. The monoisotopic (exact) mass is 326 g/mol. The van der Waals surface area contributed by atoms with Gasteiger partial charge in [-0.2, -0.15) is 0 Å². The normalized spacial score (nSPS) is 18.8. The number of anilines is 1. The summed E-state index contributed by atoms with van der Waals surface area (Å²) >= 11 is 0. The number of H-pyrrole nitrogens is 1. The number of aromatic nitrogens is 2. The molecule has 2 aromatic heterocycles. The molecule has 0 radical (unpaired) electrons. The molecule has 3 heterocycles. The van der Waals surface area contributed by atoms with Gasteiger partial charge in [-0.15, -0.1) is 0 Å². The summed E-state index contributed by atoms with van der Waals surface area (Å²) in [5.41, 5.74) is 3.52. The summed E-state index contributed by atoms with van der Waals surface area (Å²) < 4.78 is 0. The summed E-state index contributed by atoms with van der Waals surface area (Å²) in [7, 11) is 0. The highest BCUT2D eigenvalue weighted by Gasteiger charge is 2.26. The number of hydrogen-bond acceptors (Lipinski definition) is 4. The van der Waals surface area contributed by atoms with Crippen LogP contribution in [0.15, 0.2) is 41.5 Å². The molecule has 0 aliphatic carbocycles. The largest absolute Gasteiger partial charge is 0.366 e. The Labute approximate surface area is 143 Å². The first-order chi connectivity index (χ1) is 11.7. The molecule has 1 atom stereocenters. The minimum absolute atomic E-state index is 0.0345. The van der Waals surface area contributed by atoms with Crippen LogP contribution in [0.3, 0.4) is 0 Å². The zero-order valence-corrected chi connectivity index (χ0v) is 14.5. The van der Waals surface area contributed by atoms with E-state index in [1.807, 2.05) is 18.3 Å². The molecule has 2 aromatic rings. The van der Waals surface area contributed by atoms with Gasteiger partial charge in [0.05, 0.1) is 0 Å². The van der Waals surface area contributed by atoms with Crippen molar-refractivity contribution in [3.05, 3.63) is 58.3 Å². The molecule has 1 fully saturated rings. The molecule has 0 bridgehead atoms. The fourth-order valence-electron chi connectivity index (χ4n) is 3.54.